The Morgan fingerprint density at radius 2 is 2.17 bits per heavy atom. The van der Waals surface area contributed by atoms with Crippen molar-refractivity contribution in [1.29, 1.82) is 0 Å². The van der Waals surface area contributed by atoms with Crippen molar-refractivity contribution < 1.29 is 17.9 Å². The fourth-order valence-electron chi connectivity index (χ4n) is 2.84. The van der Waals surface area contributed by atoms with Crippen LogP contribution in [-0.2, 0) is 19.3 Å². The zero-order valence-corrected chi connectivity index (χ0v) is 15.7. The molecule has 0 aromatic heterocycles. The Hall–Kier alpha value is -0.860. The summed E-state index contributed by atoms with van der Waals surface area (Å²) in [6.45, 7) is 6.35. The number of nitrogens with one attached hydrogen (secondary N) is 2. The van der Waals surface area contributed by atoms with Crippen molar-refractivity contribution in [3.63, 3.8) is 0 Å². The Labute approximate surface area is 145 Å². The Morgan fingerprint density at radius 3 is 2.75 bits per heavy atom. The third kappa shape index (κ3) is 7.36. The quantitative estimate of drug-likeness (QED) is 0.336. The molecule has 0 radical (unpaired) electrons. The summed E-state index contributed by atoms with van der Waals surface area (Å²) >= 11 is 0. The predicted octanol–water partition coefficient (Wildman–Crippen LogP) is 0.562. The van der Waals surface area contributed by atoms with Gasteiger partial charge in [0.15, 0.2) is 5.96 Å². The first-order valence-corrected chi connectivity index (χ1v) is 10.9. The van der Waals surface area contributed by atoms with Crippen molar-refractivity contribution in [3.8, 4) is 0 Å². The van der Waals surface area contributed by atoms with Crippen LogP contribution in [0.1, 0.15) is 32.6 Å². The molecule has 1 saturated heterocycles. The van der Waals surface area contributed by atoms with E-state index in [0.717, 1.165) is 51.3 Å². The lowest BCUT2D eigenvalue weighted by Crippen LogP contribution is -2.38. The molecule has 1 heterocycles. The van der Waals surface area contributed by atoms with Gasteiger partial charge in [0.2, 0.25) is 0 Å². The zero-order chi connectivity index (χ0) is 17.5. The Morgan fingerprint density at radius 1 is 1.38 bits per heavy atom. The van der Waals surface area contributed by atoms with Gasteiger partial charge in [-0.2, -0.15) is 0 Å². The molecule has 0 amide bonds. The van der Waals surface area contributed by atoms with Gasteiger partial charge in [0.25, 0.3) is 0 Å². The van der Waals surface area contributed by atoms with Gasteiger partial charge in [-0.1, -0.05) is 0 Å². The molecule has 2 rings (SSSR count). The van der Waals surface area contributed by atoms with Gasteiger partial charge in [-0.3, -0.25) is 4.99 Å². The summed E-state index contributed by atoms with van der Waals surface area (Å²) in [5.41, 5.74) is -0.137. The third-order valence-electron chi connectivity index (χ3n) is 4.30. The topological polar surface area (TPSA) is 89.0 Å². The molecule has 1 aliphatic carbocycles. The molecule has 24 heavy (non-hydrogen) atoms. The molecule has 1 atom stereocenters. The van der Waals surface area contributed by atoms with Crippen LogP contribution in [0.15, 0.2) is 4.99 Å². The number of aliphatic imine (C=N–C) groups is 1. The van der Waals surface area contributed by atoms with Crippen LogP contribution in [-0.4, -0.2) is 71.9 Å². The maximum atomic E-state index is 11.5. The van der Waals surface area contributed by atoms with Crippen LogP contribution >= 0.6 is 0 Å². The summed E-state index contributed by atoms with van der Waals surface area (Å²) in [6, 6.07) is 0. The fourth-order valence-corrected chi connectivity index (χ4v) is 4.34. The van der Waals surface area contributed by atoms with E-state index < -0.39 is 9.84 Å². The van der Waals surface area contributed by atoms with Crippen molar-refractivity contribution in [2.24, 2.45) is 10.4 Å². The molecular weight excluding hydrogens is 330 g/mol. The van der Waals surface area contributed by atoms with Gasteiger partial charge in [0.1, 0.15) is 9.84 Å². The van der Waals surface area contributed by atoms with Gasteiger partial charge >= 0.3 is 0 Å². The monoisotopic (exact) mass is 361 g/mol. The fraction of sp³-hybridized carbons (Fsp3) is 0.938. The normalized spacial score (nSPS) is 23.2. The number of nitrogens with zero attached hydrogens (tertiary/aromatic N) is 1. The average molecular weight is 362 g/mol. The molecule has 1 aliphatic heterocycles. The van der Waals surface area contributed by atoms with Crippen LogP contribution in [0.4, 0.5) is 0 Å². The van der Waals surface area contributed by atoms with E-state index in [1.807, 2.05) is 6.92 Å². The van der Waals surface area contributed by atoms with Crippen molar-refractivity contribution in [2.45, 2.75) is 38.7 Å². The number of sulfone groups is 1. The second kappa shape index (κ2) is 9.01. The van der Waals surface area contributed by atoms with Crippen LogP contribution in [0, 0.1) is 5.41 Å². The lowest BCUT2D eigenvalue weighted by Gasteiger charge is -2.15. The van der Waals surface area contributed by atoms with Crippen molar-refractivity contribution in [3.05, 3.63) is 0 Å². The number of rotatable bonds is 10. The zero-order valence-electron chi connectivity index (χ0n) is 14.8. The van der Waals surface area contributed by atoms with Crippen molar-refractivity contribution in [2.75, 3.05) is 51.5 Å². The molecule has 0 bridgehead atoms. The first-order chi connectivity index (χ1) is 11.4. The first-order valence-electron chi connectivity index (χ1n) is 8.82. The smallest absolute Gasteiger partial charge is 0.191 e. The van der Waals surface area contributed by atoms with E-state index in [0.29, 0.717) is 19.8 Å². The van der Waals surface area contributed by atoms with E-state index in [9.17, 15) is 8.42 Å². The largest absolute Gasteiger partial charge is 0.379 e. The minimum atomic E-state index is -2.95. The molecule has 0 aromatic carbocycles. The van der Waals surface area contributed by atoms with Gasteiger partial charge in [-0.05, 0) is 32.6 Å². The SMILES string of the molecule is CCNC(=NCC1(CS(C)(=O)=O)CC1)NCCCOC1CCOC1. The summed E-state index contributed by atoms with van der Waals surface area (Å²) in [6.07, 6.45) is 5.32. The molecular formula is C16H31N3O4S. The molecule has 1 unspecified atom stereocenters. The third-order valence-corrected chi connectivity index (χ3v) is 5.43. The highest BCUT2D eigenvalue weighted by molar-refractivity contribution is 7.90. The summed E-state index contributed by atoms with van der Waals surface area (Å²) < 4.78 is 34.0. The van der Waals surface area contributed by atoms with E-state index in [-0.39, 0.29) is 17.3 Å². The van der Waals surface area contributed by atoms with E-state index in [1.165, 1.54) is 6.26 Å². The molecule has 140 valence electrons. The van der Waals surface area contributed by atoms with Gasteiger partial charge in [0.05, 0.1) is 18.5 Å². The highest BCUT2D eigenvalue weighted by atomic mass is 32.2. The Balaban J connectivity index is 1.68. The van der Waals surface area contributed by atoms with Gasteiger partial charge in [-0.15, -0.1) is 0 Å². The molecule has 0 aromatic rings. The second-order valence-corrected chi connectivity index (χ2v) is 9.04. The average Bonchev–Trinajstić information content (AvgIpc) is 3.05. The molecule has 8 heteroatoms. The van der Waals surface area contributed by atoms with Crippen molar-refractivity contribution >= 4 is 15.8 Å². The van der Waals surface area contributed by atoms with E-state index in [1.54, 1.807) is 0 Å². The van der Waals surface area contributed by atoms with E-state index in [2.05, 4.69) is 15.6 Å². The number of hydrogen-bond donors (Lipinski definition) is 2. The first kappa shape index (κ1) is 19.5. The predicted molar refractivity (Wildman–Crippen MR) is 95.2 cm³/mol. The van der Waals surface area contributed by atoms with Gasteiger partial charge < -0.3 is 20.1 Å². The minimum Gasteiger partial charge on any atom is -0.379 e. The van der Waals surface area contributed by atoms with Crippen LogP contribution in [0.25, 0.3) is 0 Å². The lowest BCUT2D eigenvalue weighted by molar-refractivity contribution is 0.0420. The molecule has 2 fully saturated rings. The highest BCUT2D eigenvalue weighted by Crippen LogP contribution is 2.46. The molecule has 1 saturated carbocycles. The highest BCUT2D eigenvalue weighted by Gasteiger charge is 2.45. The van der Waals surface area contributed by atoms with Crippen molar-refractivity contribution in [1.82, 2.24) is 10.6 Å². The minimum absolute atomic E-state index is 0.137. The molecule has 7 nitrogen and oxygen atoms in total. The number of guanidine groups is 1. The Kier molecular flexibility index (Phi) is 7.31. The summed E-state index contributed by atoms with van der Waals surface area (Å²) in [5.74, 6) is 0.988. The maximum absolute atomic E-state index is 11.5. The van der Waals surface area contributed by atoms with E-state index >= 15 is 0 Å². The summed E-state index contributed by atoms with van der Waals surface area (Å²) in [4.78, 5) is 4.58. The second-order valence-electron chi connectivity index (χ2n) is 6.90. The van der Waals surface area contributed by atoms with Gasteiger partial charge in [-0.25, -0.2) is 8.42 Å². The van der Waals surface area contributed by atoms with Crippen LogP contribution in [0.5, 0.6) is 0 Å². The molecule has 0 spiro atoms. The summed E-state index contributed by atoms with van der Waals surface area (Å²) in [5, 5.41) is 6.49. The summed E-state index contributed by atoms with van der Waals surface area (Å²) in [7, 11) is -2.95. The number of hydrogen-bond acceptors (Lipinski definition) is 5. The molecule has 2 aliphatic rings. The van der Waals surface area contributed by atoms with Crippen LogP contribution < -0.4 is 10.6 Å². The number of ether oxygens (including phenoxy) is 2. The molecule has 2 N–H and O–H groups in total. The van der Waals surface area contributed by atoms with Crippen LogP contribution in [0.3, 0.4) is 0 Å². The maximum Gasteiger partial charge on any atom is 0.191 e. The van der Waals surface area contributed by atoms with Gasteiger partial charge in [0, 0.05) is 44.5 Å². The van der Waals surface area contributed by atoms with E-state index in [4.69, 9.17) is 9.47 Å². The Bertz CT molecular complexity index is 511. The lowest BCUT2D eigenvalue weighted by atomic mass is 10.1. The van der Waals surface area contributed by atoms with Crippen LogP contribution in [0.2, 0.25) is 0 Å². The standard InChI is InChI=1S/C16H31N3O4S/c1-3-17-15(18-8-4-9-23-14-5-10-22-11-14)19-12-16(6-7-16)13-24(2,20)21/h14H,3-13H2,1-2H3,(H2,17,18,19).